The Bertz CT molecular complexity index is 309. The van der Waals surface area contributed by atoms with Gasteiger partial charge in [-0.15, -0.1) is 0 Å². The van der Waals surface area contributed by atoms with E-state index in [2.05, 4.69) is 6.92 Å². The Kier molecular flexibility index (Phi) is 3.26. The molecule has 1 rings (SSSR count). The highest BCUT2D eigenvalue weighted by Gasteiger charge is 2.00. The Morgan fingerprint density at radius 3 is 2.46 bits per heavy atom. The van der Waals surface area contributed by atoms with E-state index in [1.165, 1.54) is 5.56 Å². The fraction of sp³-hybridized carbons (Fsp3) is 0.182. The van der Waals surface area contributed by atoms with Gasteiger partial charge in [0.2, 0.25) is 0 Å². The summed E-state index contributed by atoms with van der Waals surface area (Å²) >= 11 is 0. The second kappa shape index (κ2) is 4.45. The van der Waals surface area contributed by atoms with E-state index in [9.17, 15) is 4.79 Å². The molecule has 0 aliphatic rings. The summed E-state index contributed by atoms with van der Waals surface area (Å²) in [5, 5.41) is 8.40. The van der Waals surface area contributed by atoms with Crippen molar-refractivity contribution in [3.63, 3.8) is 0 Å². The van der Waals surface area contributed by atoms with Gasteiger partial charge >= 0.3 is 0 Å². The number of hydrogen-bond donors (Lipinski definition) is 1. The minimum atomic E-state index is -0.176. The van der Waals surface area contributed by atoms with Gasteiger partial charge in [-0.2, -0.15) is 0 Å². The molecule has 0 fully saturated rings. The van der Waals surface area contributed by atoms with Crippen LogP contribution in [-0.4, -0.2) is 10.9 Å². The zero-order chi connectivity index (χ0) is 9.68. The molecule has 0 atom stereocenters. The van der Waals surface area contributed by atoms with Gasteiger partial charge < -0.3 is 5.11 Å². The van der Waals surface area contributed by atoms with Crippen LogP contribution in [0.1, 0.15) is 22.8 Å². The summed E-state index contributed by atoms with van der Waals surface area (Å²) in [6.07, 6.45) is 2.86. The largest absolute Gasteiger partial charge is 0.515 e. The molecule has 0 amide bonds. The number of aliphatic hydroxyl groups excluding tert-OH is 1. The third-order valence-corrected chi connectivity index (χ3v) is 1.87. The molecule has 2 nitrogen and oxygen atoms in total. The van der Waals surface area contributed by atoms with E-state index in [-0.39, 0.29) is 5.78 Å². The molecule has 1 aromatic carbocycles. The highest BCUT2D eigenvalue weighted by molar-refractivity contribution is 6.04. The first kappa shape index (κ1) is 9.52. The van der Waals surface area contributed by atoms with Crippen LogP contribution in [0, 0.1) is 0 Å². The fourth-order valence-electron chi connectivity index (χ4n) is 1.07. The van der Waals surface area contributed by atoms with Crippen LogP contribution < -0.4 is 0 Å². The van der Waals surface area contributed by atoms with E-state index in [1.807, 2.05) is 12.1 Å². The van der Waals surface area contributed by atoms with Crippen LogP contribution in [0.4, 0.5) is 0 Å². The molecular weight excluding hydrogens is 164 g/mol. The monoisotopic (exact) mass is 176 g/mol. The van der Waals surface area contributed by atoms with Gasteiger partial charge in [-0.25, -0.2) is 0 Å². The molecule has 0 unspecified atom stereocenters. The second-order valence-corrected chi connectivity index (χ2v) is 2.73. The predicted octanol–water partition coefficient (Wildman–Crippen LogP) is 2.50. The van der Waals surface area contributed by atoms with Gasteiger partial charge in [0.15, 0.2) is 5.78 Å². The molecule has 13 heavy (non-hydrogen) atoms. The summed E-state index contributed by atoms with van der Waals surface area (Å²) in [5.41, 5.74) is 1.80. The molecule has 0 bridgehead atoms. The second-order valence-electron chi connectivity index (χ2n) is 2.73. The van der Waals surface area contributed by atoms with Gasteiger partial charge in [0, 0.05) is 11.6 Å². The van der Waals surface area contributed by atoms with Crippen LogP contribution in [-0.2, 0) is 6.42 Å². The molecule has 1 aromatic rings. The van der Waals surface area contributed by atoms with Crippen LogP contribution in [0.2, 0.25) is 0 Å². The van der Waals surface area contributed by atoms with E-state index in [0.717, 1.165) is 18.8 Å². The zero-order valence-electron chi connectivity index (χ0n) is 7.53. The third-order valence-electron chi connectivity index (χ3n) is 1.87. The summed E-state index contributed by atoms with van der Waals surface area (Å²) in [4.78, 5) is 11.2. The maximum absolute atomic E-state index is 11.2. The smallest absolute Gasteiger partial charge is 0.188 e. The molecule has 0 radical (unpaired) electrons. The first-order chi connectivity index (χ1) is 6.27. The van der Waals surface area contributed by atoms with Crippen LogP contribution in [0.3, 0.4) is 0 Å². The summed E-state index contributed by atoms with van der Waals surface area (Å²) in [6, 6.07) is 7.36. The van der Waals surface area contributed by atoms with E-state index in [4.69, 9.17) is 5.11 Å². The van der Waals surface area contributed by atoms with Crippen molar-refractivity contribution in [3.8, 4) is 0 Å². The van der Waals surface area contributed by atoms with Gasteiger partial charge in [0.1, 0.15) is 0 Å². The lowest BCUT2D eigenvalue weighted by molar-refractivity contribution is 0.104. The Hall–Kier alpha value is -1.57. The van der Waals surface area contributed by atoms with Gasteiger partial charge in [-0.05, 0) is 12.0 Å². The Morgan fingerprint density at radius 1 is 1.38 bits per heavy atom. The maximum atomic E-state index is 11.2. The maximum Gasteiger partial charge on any atom is 0.188 e. The van der Waals surface area contributed by atoms with Gasteiger partial charge in [0.25, 0.3) is 0 Å². The van der Waals surface area contributed by atoms with Crippen molar-refractivity contribution in [2.24, 2.45) is 0 Å². The molecule has 0 aromatic heterocycles. The third kappa shape index (κ3) is 2.44. The van der Waals surface area contributed by atoms with Crippen molar-refractivity contribution in [1.82, 2.24) is 0 Å². The quantitative estimate of drug-likeness (QED) is 0.436. The molecule has 0 spiro atoms. The number of rotatable bonds is 3. The van der Waals surface area contributed by atoms with Gasteiger partial charge in [-0.3, -0.25) is 4.79 Å². The van der Waals surface area contributed by atoms with Crippen molar-refractivity contribution >= 4 is 5.78 Å². The fourth-order valence-corrected chi connectivity index (χ4v) is 1.07. The number of carbonyl (C=O) groups excluding carboxylic acids is 1. The highest BCUT2D eigenvalue weighted by Crippen LogP contribution is 2.06. The average Bonchev–Trinajstić information content (AvgIpc) is 2.18. The van der Waals surface area contributed by atoms with Crippen molar-refractivity contribution in [2.75, 3.05) is 0 Å². The van der Waals surface area contributed by atoms with E-state index in [0.29, 0.717) is 5.56 Å². The summed E-state index contributed by atoms with van der Waals surface area (Å²) in [5.74, 6) is -0.176. The number of allylic oxidation sites excluding steroid dienone is 1. The van der Waals surface area contributed by atoms with Crippen LogP contribution in [0.25, 0.3) is 0 Å². The molecule has 68 valence electrons. The number of ketones is 1. The topological polar surface area (TPSA) is 37.3 Å². The number of aryl methyl sites for hydroxylation is 1. The van der Waals surface area contributed by atoms with Gasteiger partial charge in [0.05, 0.1) is 6.26 Å². The first-order valence-corrected chi connectivity index (χ1v) is 4.22. The lowest BCUT2D eigenvalue weighted by Crippen LogP contribution is -1.94. The normalized spacial score (nSPS) is 10.5. The van der Waals surface area contributed by atoms with E-state index < -0.39 is 0 Å². The number of benzene rings is 1. The standard InChI is InChI=1S/C11H12O2/c1-2-9-3-5-10(6-4-9)11(13)7-8-12/h3-8,12H,2H2,1H3/b8-7+. The SMILES string of the molecule is CCc1ccc(C(=O)/C=C/O)cc1. The lowest BCUT2D eigenvalue weighted by Gasteiger charge is -1.97. The van der Waals surface area contributed by atoms with Crippen LogP contribution >= 0.6 is 0 Å². The van der Waals surface area contributed by atoms with Crippen molar-refractivity contribution in [2.45, 2.75) is 13.3 Å². The minimum Gasteiger partial charge on any atom is -0.515 e. The number of aliphatic hydroxyl groups is 1. The van der Waals surface area contributed by atoms with Gasteiger partial charge in [-0.1, -0.05) is 31.2 Å². The predicted molar refractivity (Wildman–Crippen MR) is 51.9 cm³/mol. The molecule has 0 saturated carbocycles. The Morgan fingerprint density at radius 2 is 2.00 bits per heavy atom. The van der Waals surface area contributed by atoms with E-state index in [1.54, 1.807) is 12.1 Å². The summed E-state index contributed by atoms with van der Waals surface area (Å²) in [6.45, 7) is 2.06. The molecule has 0 saturated heterocycles. The molecular formula is C11H12O2. The average molecular weight is 176 g/mol. The van der Waals surface area contributed by atoms with Crippen LogP contribution in [0.5, 0.6) is 0 Å². The van der Waals surface area contributed by atoms with Crippen molar-refractivity contribution in [1.29, 1.82) is 0 Å². The summed E-state index contributed by atoms with van der Waals surface area (Å²) < 4.78 is 0. The number of hydrogen-bond acceptors (Lipinski definition) is 2. The van der Waals surface area contributed by atoms with E-state index >= 15 is 0 Å². The first-order valence-electron chi connectivity index (χ1n) is 4.22. The number of carbonyl (C=O) groups is 1. The minimum absolute atomic E-state index is 0.176. The molecule has 2 heteroatoms. The van der Waals surface area contributed by atoms with Crippen LogP contribution in [0.15, 0.2) is 36.6 Å². The molecule has 0 aliphatic heterocycles. The lowest BCUT2D eigenvalue weighted by atomic mass is 10.1. The molecule has 0 heterocycles. The molecule has 1 N–H and O–H groups in total. The van der Waals surface area contributed by atoms with Crippen molar-refractivity contribution < 1.29 is 9.90 Å². The Balaban J connectivity index is 2.85. The molecule has 0 aliphatic carbocycles. The summed E-state index contributed by atoms with van der Waals surface area (Å²) in [7, 11) is 0. The van der Waals surface area contributed by atoms with Crippen molar-refractivity contribution in [3.05, 3.63) is 47.7 Å². The zero-order valence-corrected chi connectivity index (χ0v) is 7.53. The Labute approximate surface area is 77.5 Å². The highest BCUT2D eigenvalue weighted by atomic mass is 16.2.